The standard InChI is InChI=1S/C13H18BrFN2/c1-16-8-11-5-3-7-17(11)9-10-4-2-6-12(15)13(10)14/h2,4,6,11,16H,3,5,7-9H2,1H3. The van der Waals surface area contributed by atoms with Gasteiger partial charge in [0.25, 0.3) is 0 Å². The monoisotopic (exact) mass is 300 g/mol. The number of rotatable bonds is 4. The number of halogens is 2. The molecule has 17 heavy (non-hydrogen) atoms. The van der Waals surface area contributed by atoms with E-state index < -0.39 is 0 Å². The maximum absolute atomic E-state index is 13.4. The van der Waals surface area contributed by atoms with Crippen molar-refractivity contribution in [1.29, 1.82) is 0 Å². The molecule has 94 valence electrons. The molecule has 0 amide bonds. The summed E-state index contributed by atoms with van der Waals surface area (Å²) in [5, 5.41) is 3.22. The Hall–Kier alpha value is -0.450. The quantitative estimate of drug-likeness (QED) is 0.920. The van der Waals surface area contributed by atoms with Gasteiger partial charge in [0, 0.05) is 19.1 Å². The third kappa shape index (κ3) is 3.06. The summed E-state index contributed by atoms with van der Waals surface area (Å²) in [7, 11) is 1.98. The molecule has 1 atom stereocenters. The van der Waals surface area contributed by atoms with Gasteiger partial charge in [-0.1, -0.05) is 12.1 Å². The minimum Gasteiger partial charge on any atom is -0.318 e. The van der Waals surface area contributed by atoms with Gasteiger partial charge in [0.05, 0.1) is 4.47 Å². The van der Waals surface area contributed by atoms with Gasteiger partial charge in [-0.05, 0) is 54.0 Å². The average Bonchev–Trinajstić information content (AvgIpc) is 2.73. The lowest BCUT2D eigenvalue weighted by molar-refractivity contribution is 0.241. The number of nitrogens with one attached hydrogen (secondary N) is 1. The number of hydrogen-bond donors (Lipinski definition) is 1. The van der Waals surface area contributed by atoms with Crippen LogP contribution in [0.25, 0.3) is 0 Å². The summed E-state index contributed by atoms with van der Waals surface area (Å²) in [6, 6.07) is 5.83. The fourth-order valence-corrected chi connectivity index (χ4v) is 2.85. The van der Waals surface area contributed by atoms with E-state index in [1.807, 2.05) is 13.1 Å². The van der Waals surface area contributed by atoms with Crippen LogP contribution in [0.2, 0.25) is 0 Å². The predicted octanol–water partition coefficient (Wildman–Crippen LogP) is 2.77. The zero-order valence-electron chi connectivity index (χ0n) is 10.0. The number of hydrogen-bond acceptors (Lipinski definition) is 2. The van der Waals surface area contributed by atoms with E-state index in [1.54, 1.807) is 6.07 Å². The van der Waals surface area contributed by atoms with Crippen molar-refractivity contribution < 1.29 is 4.39 Å². The first-order valence-electron chi connectivity index (χ1n) is 6.04. The van der Waals surface area contributed by atoms with Crippen LogP contribution in [0.3, 0.4) is 0 Å². The van der Waals surface area contributed by atoms with Crippen molar-refractivity contribution in [1.82, 2.24) is 10.2 Å². The lowest BCUT2D eigenvalue weighted by Gasteiger charge is -2.24. The van der Waals surface area contributed by atoms with Gasteiger partial charge >= 0.3 is 0 Å². The molecule has 1 saturated heterocycles. The first-order chi connectivity index (χ1) is 8.22. The van der Waals surface area contributed by atoms with Gasteiger partial charge in [0.2, 0.25) is 0 Å². The lowest BCUT2D eigenvalue weighted by Crippen LogP contribution is -2.36. The van der Waals surface area contributed by atoms with E-state index >= 15 is 0 Å². The maximum Gasteiger partial charge on any atom is 0.137 e. The summed E-state index contributed by atoms with van der Waals surface area (Å²) in [5.41, 5.74) is 1.04. The Morgan fingerprint density at radius 2 is 2.35 bits per heavy atom. The fourth-order valence-electron chi connectivity index (χ4n) is 2.46. The highest BCUT2D eigenvalue weighted by Crippen LogP contribution is 2.25. The van der Waals surface area contributed by atoms with Gasteiger partial charge in [-0.3, -0.25) is 4.90 Å². The third-order valence-electron chi connectivity index (χ3n) is 3.34. The lowest BCUT2D eigenvalue weighted by atomic mass is 10.2. The molecule has 0 aliphatic carbocycles. The van der Waals surface area contributed by atoms with Crippen molar-refractivity contribution in [3.63, 3.8) is 0 Å². The molecule has 1 unspecified atom stereocenters. The zero-order valence-corrected chi connectivity index (χ0v) is 11.6. The first-order valence-corrected chi connectivity index (χ1v) is 6.83. The smallest absolute Gasteiger partial charge is 0.137 e. The molecule has 1 aromatic rings. The van der Waals surface area contributed by atoms with E-state index in [0.717, 1.165) is 25.2 Å². The summed E-state index contributed by atoms with van der Waals surface area (Å²) in [6.07, 6.45) is 2.47. The highest BCUT2D eigenvalue weighted by atomic mass is 79.9. The van der Waals surface area contributed by atoms with Gasteiger partial charge in [-0.25, -0.2) is 4.39 Å². The van der Waals surface area contributed by atoms with Crippen molar-refractivity contribution in [3.05, 3.63) is 34.1 Å². The van der Waals surface area contributed by atoms with Gasteiger partial charge < -0.3 is 5.32 Å². The van der Waals surface area contributed by atoms with Crippen molar-refractivity contribution in [2.45, 2.75) is 25.4 Å². The Labute approximate surface area is 110 Å². The maximum atomic E-state index is 13.4. The van der Waals surface area contributed by atoms with Gasteiger partial charge in [0.1, 0.15) is 5.82 Å². The largest absolute Gasteiger partial charge is 0.318 e. The molecule has 0 spiro atoms. The normalized spacial score (nSPS) is 21.0. The molecule has 1 heterocycles. The second-order valence-electron chi connectivity index (χ2n) is 4.54. The topological polar surface area (TPSA) is 15.3 Å². The van der Waals surface area contributed by atoms with Crippen LogP contribution < -0.4 is 5.32 Å². The summed E-state index contributed by atoms with van der Waals surface area (Å²) in [4.78, 5) is 2.43. The van der Waals surface area contributed by atoms with Gasteiger partial charge in [0.15, 0.2) is 0 Å². The van der Waals surface area contributed by atoms with Crippen LogP contribution >= 0.6 is 15.9 Å². The van der Waals surface area contributed by atoms with Crippen LogP contribution in [0.15, 0.2) is 22.7 Å². The average molecular weight is 301 g/mol. The molecule has 2 rings (SSSR count). The summed E-state index contributed by atoms with van der Waals surface area (Å²) < 4.78 is 14.0. The molecule has 1 aromatic carbocycles. The molecule has 0 radical (unpaired) electrons. The summed E-state index contributed by atoms with van der Waals surface area (Å²) in [5.74, 6) is -0.174. The van der Waals surface area contributed by atoms with Crippen molar-refractivity contribution >= 4 is 15.9 Å². The number of nitrogens with zero attached hydrogens (tertiary/aromatic N) is 1. The number of likely N-dealkylation sites (N-methyl/N-ethyl adjacent to an activating group) is 1. The zero-order chi connectivity index (χ0) is 12.3. The van der Waals surface area contributed by atoms with Crippen LogP contribution in [0.4, 0.5) is 4.39 Å². The van der Waals surface area contributed by atoms with E-state index in [9.17, 15) is 4.39 Å². The van der Waals surface area contributed by atoms with Crippen LogP contribution in [-0.4, -0.2) is 31.1 Å². The second-order valence-corrected chi connectivity index (χ2v) is 5.33. The molecule has 0 aromatic heterocycles. The summed E-state index contributed by atoms with van der Waals surface area (Å²) >= 11 is 3.33. The van der Waals surface area contributed by atoms with Gasteiger partial charge in [-0.2, -0.15) is 0 Å². The molecule has 1 fully saturated rings. The Morgan fingerprint density at radius 1 is 1.53 bits per heavy atom. The third-order valence-corrected chi connectivity index (χ3v) is 4.23. The second kappa shape index (κ2) is 5.94. The molecule has 0 bridgehead atoms. The fraction of sp³-hybridized carbons (Fsp3) is 0.538. The van der Waals surface area contributed by atoms with Crippen molar-refractivity contribution in [2.24, 2.45) is 0 Å². The first kappa shape index (κ1) is 13.0. The minimum absolute atomic E-state index is 0.174. The van der Waals surface area contributed by atoms with Crippen molar-refractivity contribution in [2.75, 3.05) is 20.1 Å². The molecule has 0 saturated carbocycles. The van der Waals surface area contributed by atoms with Crippen LogP contribution in [0.5, 0.6) is 0 Å². The Morgan fingerprint density at radius 3 is 3.12 bits per heavy atom. The molecular formula is C13H18BrFN2. The minimum atomic E-state index is -0.174. The highest BCUT2D eigenvalue weighted by Gasteiger charge is 2.24. The Bertz CT molecular complexity index is 384. The van der Waals surface area contributed by atoms with Crippen molar-refractivity contribution in [3.8, 4) is 0 Å². The van der Waals surface area contributed by atoms with E-state index in [-0.39, 0.29) is 5.82 Å². The number of benzene rings is 1. The van der Waals surface area contributed by atoms with E-state index in [1.165, 1.54) is 18.9 Å². The Balaban J connectivity index is 2.07. The van der Waals surface area contributed by atoms with E-state index in [0.29, 0.717) is 10.5 Å². The van der Waals surface area contributed by atoms with Crippen LogP contribution in [0, 0.1) is 5.82 Å². The Kier molecular flexibility index (Phi) is 4.54. The molecule has 1 aliphatic rings. The molecule has 1 N–H and O–H groups in total. The molecule has 1 aliphatic heterocycles. The number of likely N-dealkylation sites (tertiary alicyclic amines) is 1. The molecule has 4 heteroatoms. The SMILES string of the molecule is CNCC1CCCN1Cc1cccc(F)c1Br. The predicted molar refractivity (Wildman–Crippen MR) is 71.5 cm³/mol. The van der Waals surface area contributed by atoms with E-state index in [4.69, 9.17) is 0 Å². The summed E-state index contributed by atoms with van der Waals surface area (Å²) in [6.45, 7) is 2.94. The molecular weight excluding hydrogens is 283 g/mol. The van der Waals surface area contributed by atoms with Crippen LogP contribution in [-0.2, 0) is 6.54 Å². The molecule has 2 nitrogen and oxygen atoms in total. The van der Waals surface area contributed by atoms with Crippen LogP contribution in [0.1, 0.15) is 18.4 Å². The highest BCUT2D eigenvalue weighted by molar-refractivity contribution is 9.10. The van der Waals surface area contributed by atoms with Gasteiger partial charge in [-0.15, -0.1) is 0 Å². The van der Waals surface area contributed by atoms with E-state index in [2.05, 4.69) is 26.1 Å².